The number of halogens is 3. The summed E-state index contributed by atoms with van der Waals surface area (Å²) < 4.78 is 38.3. The summed E-state index contributed by atoms with van der Waals surface area (Å²) >= 11 is -0.0120. The molecule has 0 saturated carbocycles. The molecule has 1 heterocycles. The number of hydrogen-bond acceptors (Lipinski definition) is 3. The number of nitrogens with one attached hydrogen (secondary N) is 1. The van der Waals surface area contributed by atoms with Crippen LogP contribution < -0.4 is 5.32 Å². The summed E-state index contributed by atoms with van der Waals surface area (Å²) in [5.41, 5.74) is -2.44. The monoisotopic (exact) mass is 317 g/mol. The fraction of sp³-hybridized carbons (Fsp3) is 0.500. The normalized spacial score (nSPS) is 12.5. The van der Waals surface area contributed by atoms with Crippen LogP contribution >= 0.6 is 11.8 Å². The molecule has 0 unspecified atom stereocenters. The minimum absolute atomic E-state index is 0.0120. The molecule has 2 rings (SSSR count). The minimum atomic E-state index is -4.19. The molecule has 0 radical (unpaired) electrons. The standard InChI is InChI=1S/C14H18F3N3S/c1-10(2)18-9-12-11-5-3-4-6-13(11)20(19-12)7-8-21-14(15,16)17/h3-6,10,18H,7-9H2,1-2H3. The summed E-state index contributed by atoms with van der Waals surface area (Å²) in [6.45, 7) is 4.93. The Morgan fingerprint density at radius 1 is 1.29 bits per heavy atom. The van der Waals surface area contributed by atoms with Gasteiger partial charge < -0.3 is 5.32 Å². The molecule has 0 amide bonds. The molecule has 0 fully saturated rings. The SMILES string of the molecule is CC(C)NCc1nn(CCSC(F)(F)F)c2ccccc12. The van der Waals surface area contributed by atoms with Gasteiger partial charge in [-0.25, -0.2) is 0 Å². The van der Waals surface area contributed by atoms with Gasteiger partial charge in [0.15, 0.2) is 0 Å². The van der Waals surface area contributed by atoms with Gasteiger partial charge in [-0.05, 0) is 17.8 Å². The van der Waals surface area contributed by atoms with Gasteiger partial charge in [0.2, 0.25) is 0 Å². The van der Waals surface area contributed by atoms with Crippen LogP contribution in [0.1, 0.15) is 19.5 Å². The smallest absolute Gasteiger partial charge is 0.309 e. The van der Waals surface area contributed by atoms with E-state index in [1.807, 2.05) is 38.1 Å². The third-order valence-electron chi connectivity index (χ3n) is 2.98. The van der Waals surface area contributed by atoms with E-state index in [2.05, 4.69) is 10.4 Å². The summed E-state index contributed by atoms with van der Waals surface area (Å²) in [7, 11) is 0. The van der Waals surface area contributed by atoms with Crippen molar-refractivity contribution in [3.63, 3.8) is 0 Å². The molecule has 1 aromatic heterocycles. The van der Waals surface area contributed by atoms with Crippen molar-refractivity contribution in [3.05, 3.63) is 30.0 Å². The molecular weight excluding hydrogens is 299 g/mol. The summed E-state index contributed by atoms with van der Waals surface area (Å²) in [5.74, 6) is -0.0355. The van der Waals surface area contributed by atoms with Crippen LogP contribution in [0.25, 0.3) is 10.9 Å². The van der Waals surface area contributed by atoms with Crippen LogP contribution in [-0.2, 0) is 13.1 Å². The second-order valence-electron chi connectivity index (χ2n) is 5.02. The highest BCUT2D eigenvalue weighted by Gasteiger charge is 2.27. The van der Waals surface area contributed by atoms with Crippen LogP contribution in [0, 0.1) is 0 Å². The molecule has 0 aliphatic heterocycles. The van der Waals surface area contributed by atoms with Gasteiger partial charge in [-0.3, -0.25) is 4.68 Å². The predicted molar refractivity (Wildman–Crippen MR) is 80.2 cm³/mol. The lowest BCUT2D eigenvalue weighted by atomic mass is 10.2. The maximum absolute atomic E-state index is 12.2. The first-order valence-corrected chi connectivity index (χ1v) is 7.74. The second kappa shape index (κ2) is 6.70. The van der Waals surface area contributed by atoms with Crippen LogP contribution in [0.3, 0.4) is 0 Å². The fourth-order valence-electron chi connectivity index (χ4n) is 2.05. The lowest BCUT2D eigenvalue weighted by Gasteiger charge is -2.06. The third kappa shape index (κ3) is 4.64. The summed E-state index contributed by atoms with van der Waals surface area (Å²) in [4.78, 5) is 0. The quantitative estimate of drug-likeness (QED) is 0.879. The molecular formula is C14H18F3N3S. The zero-order valence-corrected chi connectivity index (χ0v) is 12.8. The van der Waals surface area contributed by atoms with Crippen LogP contribution in [0.5, 0.6) is 0 Å². The van der Waals surface area contributed by atoms with Crippen molar-refractivity contribution in [2.24, 2.45) is 0 Å². The van der Waals surface area contributed by atoms with Crippen molar-refractivity contribution >= 4 is 22.7 Å². The molecule has 2 aromatic rings. The van der Waals surface area contributed by atoms with E-state index in [0.717, 1.165) is 16.6 Å². The van der Waals surface area contributed by atoms with Gasteiger partial charge in [-0.2, -0.15) is 18.3 Å². The van der Waals surface area contributed by atoms with Crippen molar-refractivity contribution < 1.29 is 13.2 Å². The molecule has 0 saturated heterocycles. The Morgan fingerprint density at radius 3 is 2.67 bits per heavy atom. The van der Waals surface area contributed by atoms with E-state index in [4.69, 9.17) is 0 Å². The number of thioether (sulfide) groups is 1. The summed E-state index contributed by atoms with van der Waals surface area (Å²) in [6.07, 6.45) is 0. The first-order chi connectivity index (χ1) is 9.87. The Hall–Kier alpha value is -1.21. The zero-order valence-electron chi connectivity index (χ0n) is 11.9. The molecule has 21 heavy (non-hydrogen) atoms. The number of benzene rings is 1. The summed E-state index contributed by atoms with van der Waals surface area (Å²) in [6, 6.07) is 7.95. The van der Waals surface area contributed by atoms with Crippen molar-refractivity contribution in [2.45, 2.75) is 38.5 Å². The van der Waals surface area contributed by atoms with E-state index >= 15 is 0 Å². The van der Waals surface area contributed by atoms with E-state index in [9.17, 15) is 13.2 Å². The van der Waals surface area contributed by atoms with E-state index in [1.165, 1.54) is 0 Å². The zero-order chi connectivity index (χ0) is 15.5. The number of aryl methyl sites for hydroxylation is 1. The van der Waals surface area contributed by atoms with E-state index < -0.39 is 5.51 Å². The number of nitrogens with zero attached hydrogens (tertiary/aromatic N) is 2. The molecule has 0 aliphatic rings. The second-order valence-corrected chi connectivity index (χ2v) is 6.18. The minimum Gasteiger partial charge on any atom is -0.309 e. The van der Waals surface area contributed by atoms with Crippen molar-refractivity contribution in [2.75, 3.05) is 5.75 Å². The van der Waals surface area contributed by atoms with Crippen molar-refractivity contribution in [1.29, 1.82) is 0 Å². The number of aromatic nitrogens is 2. The molecule has 1 N–H and O–H groups in total. The maximum Gasteiger partial charge on any atom is 0.441 e. The van der Waals surface area contributed by atoms with Gasteiger partial charge in [-0.15, -0.1) is 0 Å². The van der Waals surface area contributed by atoms with Gasteiger partial charge in [0.05, 0.1) is 17.8 Å². The van der Waals surface area contributed by atoms with E-state index in [1.54, 1.807) is 4.68 Å². The Bertz CT molecular complexity index is 593. The number of hydrogen-bond donors (Lipinski definition) is 1. The predicted octanol–water partition coefficient (Wildman–Crippen LogP) is 3.79. The van der Waals surface area contributed by atoms with Crippen molar-refractivity contribution in [1.82, 2.24) is 15.1 Å². The van der Waals surface area contributed by atoms with Crippen molar-refractivity contribution in [3.8, 4) is 0 Å². The fourth-order valence-corrected chi connectivity index (χ4v) is 2.54. The highest BCUT2D eigenvalue weighted by Crippen LogP contribution is 2.30. The average molecular weight is 317 g/mol. The Morgan fingerprint density at radius 2 is 2.00 bits per heavy atom. The highest BCUT2D eigenvalue weighted by molar-refractivity contribution is 8.00. The largest absolute Gasteiger partial charge is 0.441 e. The molecule has 116 valence electrons. The number of rotatable bonds is 6. The maximum atomic E-state index is 12.2. The van der Waals surface area contributed by atoms with Gasteiger partial charge in [-0.1, -0.05) is 32.0 Å². The topological polar surface area (TPSA) is 29.9 Å². The highest BCUT2D eigenvalue weighted by atomic mass is 32.2. The van der Waals surface area contributed by atoms with E-state index in [0.29, 0.717) is 12.6 Å². The van der Waals surface area contributed by atoms with E-state index in [-0.39, 0.29) is 24.1 Å². The van der Waals surface area contributed by atoms with Crippen LogP contribution in [0.2, 0.25) is 0 Å². The van der Waals surface area contributed by atoms with Gasteiger partial charge in [0, 0.05) is 23.7 Å². The number of alkyl halides is 3. The van der Waals surface area contributed by atoms with Gasteiger partial charge in [0.25, 0.3) is 0 Å². The lowest BCUT2D eigenvalue weighted by Crippen LogP contribution is -2.22. The van der Waals surface area contributed by atoms with Crippen LogP contribution in [-0.4, -0.2) is 27.1 Å². The van der Waals surface area contributed by atoms with Gasteiger partial charge >= 0.3 is 5.51 Å². The molecule has 0 atom stereocenters. The first-order valence-electron chi connectivity index (χ1n) is 6.75. The van der Waals surface area contributed by atoms with Crippen LogP contribution in [0.4, 0.5) is 13.2 Å². The Balaban J connectivity index is 2.15. The first kappa shape index (κ1) is 16.2. The molecule has 0 aliphatic carbocycles. The summed E-state index contributed by atoms with van der Waals surface area (Å²) in [5, 5.41) is 8.73. The number of fused-ring (bicyclic) bond motifs is 1. The molecule has 0 spiro atoms. The molecule has 3 nitrogen and oxygen atoms in total. The third-order valence-corrected chi connectivity index (χ3v) is 3.70. The molecule has 0 bridgehead atoms. The van der Waals surface area contributed by atoms with Crippen LogP contribution in [0.15, 0.2) is 24.3 Å². The molecule has 1 aromatic carbocycles. The average Bonchev–Trinajstić information content (AvgIpc) is 2.74. The Kier molecular flexibility index (Phi) is 5.16. The molecule has 7 heteroatoms. The Labute approximate surface area is 125 Å². The number of para-hydroxylation sites is 1. The lowest BCUT2D eigenvalue weighted by molar-refractivity contribution is -0.0328. The van der Waals surface area contributed by atoms with Gasteiger partial charge in [0.1, 0.15) is 0 Å².